The van der Waals surface area contributed by atoms with Crippen LogP contribution in [0.2, 0.25) is 0 Å². The fraction of sp³-hybridized carbons (Fsp3) is 0.188. The van der Waals surface area contributed by atoms with Crippen molar-refractivity contribution in [1.29, 1.82) is 0 Å². The van der Waals surface area contributed by atoms with Crippen LogP contribution in [0.5, 0.6) is 11.6 Å². The van der Waals surface area contributed by atoms with Crippen molar-refractivity contribution in [2.45, 2.75) is 6.92 Å². The van der Waals surface area contributed by atoms with Crippen LogP contribution in [0, 0.1) is 6.92 Å². The van der Waals surface area contributed by atoms with Crippen LogP contribution < -0.4 is 9.46 Å². The second-order valence-corrected chi connectivity index (χ2v) is 7.25. The third-order valence-electron chi connectivity index (χ3n) is 3.59. The van der Waals surface area contributed by atoms with Crippen LogP contribution in [0.3, 0.4) is 0 Å². The Morgan fingerprint density at radius 3 is 2.56 bits per heavy atom. The predicted octanol–water partition coefficient (Wildman–Crippen LogP) is 2.09. The molecule has 0 spiro atoms. The van der Waals surface area contributed by atoms with Crippen molar-refractivity contribution in [2.24, 2.45) is 0 Å². The normalized spacial score (nSPS) is 11.5. The molecule has 0 atom stereocenters. The van der Waals surface area contributed by atoms with Gasteiger partial charge in [0.25, 0.3) is 0 Å². The molecule has 0 aliphatic carbocycles. The van der Waals surface area contributed by atoms with Gasteiger partial charge in [-0.25, -0.2) is 23.4 Å². The quantitative estimate of drug-likeness (QED) is 0.732. The molecule has 130 valence electrons. The molecule has 2 heterocycles. The summed E-state index contributed by atoms with van der Waals surface area (Å²) in [7, 11) is -2.10. The molecule has 0 radical (unpaired) electrons. The van der Waals surface area contributed by atoms with Gasteiger partial charge in [0.05, 0.1) is 13.4 Å². The molecular weight excluding hydrogens is 344 g/mol. The van der Waals surface area contributed by atoms with E-state index in [1.54, 1.807) is 12.1 Å². The topological polar surface area (TPSA) is 114 Å². The Morgan fingerprint density at radius 2 is 1.88 bits per heavy atom. The largest absolute Gasteiger partial charge is 0.506 e. The van der Waals surface area contributed by atoms with Gasteiger partial charge in [0.2, 0.25) is 15.9 Å². The summed E-state index contributed by atoms with van der Waals surface area (Å²) in [5, 5.41) is 10.9. The molecule has 3 aromatic rings. The van der Waals surface area contributed by atoms with Gasteiger partial charge in [-0.1, -0.05) is 0 Å². The molecule has 0 unspecified atom stereocenters. The van der Waals surface area contributed by atoms with Crippen molar-refractivity contribution >= 4 is 26.6 Å². The lowest BCUT2D eigenvalue weighted by molar-refractivity contribution is 0.400. The standard InChI is InChI=1S/C16H16N4O4S/c1-9-12-4-10(6-14(21)15(12)19-8-18-9)11-5-13(20-25(3,22)23)16(24-2)17-7-11/h4-8,20-21H,1-3H3. The van der Waals surface area contributed by atoms with E-state index in [0.717, 1.165) is 11.9 Å². The van der Waals surface area contributed by atoms with E-state index < -0.39 is 10.0 Å². The van der Waals surface area contributed by atoms with Gasteiger partial charge in [-0.05, 0) is 30.7 Å². The predicted molar refractivity (Wildman–Crippen MR) is 94.2 cm³/mol. The summed E-state index contributed by atoms with van der Waals surface area (Å²) >= 11 is 0. The van der Waals surface area contributed by atoms with E-state index in [0.29, 0.717) is 22.0 Å². The third kappa shape index (κ3) is 3.45. The second-order valence-electron chi connectivity index (χ2n) is 5.51. The lowest BCUT2D eigenvalue weighted by Crippen LogP contribution is -2.11. The van der Waals surface area contributed by atoms with Gasteiger partial charge in [-0.2, -0.15) is 0 Å². The maximum Gasteiger partial charge on any atom is 0.238 e. The first-order chi connectivity index (χ1) is 11.8. The molecule has 3 rings (SSSR count). The Morgan fingerprint density at radius 1 is 1.12 bits per heavy atom. The summed E-state index contributed by atoms with van der Waals surface area (Å²) < 4.78 is 30.5. The lowest BCUT2D eigenvalue weighted by atomic mass is 10.0. The fourth-order valence-electron chi connectivity index (χ4n) is 2.49. The highest BCUT2D eigenvalue weighted by Gasteiger charge is 2.14. The van der Waals surface area contributed by atoms with E-state index >= 15 is 0 Å². The number of pyridine rings is 1. The minimum Gasteiger partial charge on any atom is -0.506 e. The summed E-state index contributed by atoms with van der Waals surface area (Å²) in [6.45, 7) is 1.82. The average molecular weight is 360 g/mol. The third-order valence-corrected chi connectivity index (χ3v) is 4.18. The summed E-state index contributed by atoms with van der Waals surface area (Å²) in [4.78, 5) is 12.3. The zero-order valence-electron chi connectivity index (χ0n) is 13.8. The van der Waals surface area contributed by atoms with Gasteiger partial charge in [0.15, 0.2) is 0 Å². The molecule has 2 N–H and O–H groups in total. The Bertz CT molecular complexity index is 1070. The maximum absolute atomic E-state index is 11.5. The van der Waals surface area contributed by atoms with Crippen LogP contribution in [0.4, 0.5) is 5.69 Å². The number of hydrogen-bond acceptors (Lipinski definition) is 7. The number of rotatable bonds is 4. The number of fused-ring (bicyclic) bond motifs is 1. The summed E-state index contributed by atoms with van der Waals surface area (Å²) in [5.41, 5.74) is 2.63. The van der Waals surface area contributed by atoms with Crippen molar-refractivity contribution < 1.29 is 18.3 Å². The van der Waals surface area contributed by atoms with Crippen molar-refractivity contribution in [3.63, 3.8) is 0 Å². The van der Waals surface area contributed by atoms with Crippen molar-refractivity contribution in [2.75, 3.05) is 18.1 Å². The average Bonchev–Trinajstić information content (AvgIpc) is 2.54. The van der Waals surface area contributed by atoms with Crippen LogP contribution in [0.15, 0.2) is 30.7 Å². The smallest absolute Gasteiger partial charge is 0.238 e. The monoisotopic (exact) mass is 360 g/mol. The Hall–Kier alpha value is -2.94. The molecule has 0 aliphatic rings. The van der Waals surface area contributed by atoms with E-state index in [2.05, 4.69) is 19.7 Å². The number of hydrogen-bond donors (Lipinski definition) is 2. The van der Waals surface area contributed by atoms with E-state index in [-0.39, 0.29) is 17.3 Å². The van der Waals surface area contributed by atoms with Crippen LogP contribution in [0.25, 0.3) is 22.0 Å². The number of aryl methyl sites for hydroxylation is 1. The lowest BCUT2D eigenvalue weighted by Gasteiger charge is -2.12. The van der Waals surface area contributed by atoms with Crippen molar-refractivity contribution in [1.82, 2.24) is 15.0 Å². The molecule has 0 saturated carbocycles. The number of phenols is 1. The van der Waals surface area contributed by atoms with E-state index in [4.69, 9.17) is 4.74 Å². The summed E-state index contributed by atoms with van der Waals surface area (Å²) in [6, 6.07) is 4.95. The van der Waals surface area contributed by atoms with Gasteiger partial charge in [-0.3, -0.25) is 4.72 Å². The fourth-order valence-corrected chi connectivity index (χ4v) is 3.03. The van der Waals surface area contributed by atoms with Crippen LogP contribution in [0.1, 0.15) is 5.69 Å². The van der Waals surface area contributed by atoms with E-state index in [1.165, 1.54) is 19.6 Å². The highest BCUT2D eigenvalue weighted by molar-refractivity contribution is 7.92. The summed E-state index contributed by atoms with van der Waals surface area (Å²) in [6.07, 6.45) is 3.97. The van der Waals surface area contributed by atoms with E-state index in [9.17, 15) is 13.5 Å². The van der Waals surface area contributed by atoms with Crippen LogP contribution >= 0.6 is 0 Å². The Balaban J connectivity index is 2.18. The molecule has 9 heteroatoms. The summed E-state index contributed by atoms with van der Waals surface area (Å²) in [5.74, 6) is 0.158. The van der Waals surface area contributed by atoms with Gasteiger partial charge in [0, 0.05) is 22.8 Å². The number of phenolic OH excluding ortho intramolecular Hbond substituents is 1. The molecule has 0 fully saturated rings. The maximum atomic E-state index is 11.5. The first-order valence-electron chi connectivity index (χ1n) is 7.25. The van der Waals surface area contributed by atoms with Gasteiger partial charge in [-0.15, -0.1) is 0 Å². The first kappa shape index (κ1) is 16.9. The number of anilines is 1. The Labute approximate surface area is 144 Å². The van der Waals surface area contributed by atoms with Gasteiger partial charge in [0.1, 0.15) is 23.3 Å². The molecule has 2 aromatic heterocycles. The number of nitrogens with zero attached hydrogens (tertiary/aromatic N) is 3. The van der Waals surface area contributed by atoms with E-state index in [1.807, 2.05) is 13.0 Å². The molecule has 25 heavy (non-hydrogen) atoms. The number of aromatic hydroxyl groups is 1. The molecule has 0 aliphatic heterocycles. The number of methoxy groups -OCH3 is 1. The van der Waals surface area contributed by atoms with Gasteiger partial charge < -0.3 is 9.84 Å². The van der Waals surface area contributed by atoms with Crippen LogP contribution in [-0.4, -0.2) is 41.8 Å². The molecule has 1 aromatic carbocycles. The van der Waals surface area contributed by atoms with Crippen molar-refractivity contribution in [3.05, 3.63) is 36.4 Å². The zero-order chi connectivity index (χ0) is 18.2. The first-order valence-corrected chi connectivity index (χ1v) is 9.14. The molecule has 0 saturated heterocycles. The Kier molecular flexibility index (Phi) is 4.17. The number of nitrogens with one attached hydrogen (secondary N) is 1. The minimum absolute atomic E-state index is 0.00596. The number of benzene rings is 1. The highest BCUT2D eigenvalue weighted by Crippen LogP contribution is 2.34. The zero-order valence-corrected chi connectivity index (χ0v) is 14.6. The number of sulfonamides is 1. The molecule has 0 bridgehead atoms. The SMILES string of the molecule is COc1ncc(-c2cc(O)c3ncnc(C)c3c2)cc1NS(C)(=O)=O. The van der Waals surface area contributed by atoms with Crippen molar-refractivity contribution in [3.8, 4) is 22.8 Å². The number of ether oxygens (including phenoxy) is 1. The molecule has 0 amide bonds. The highest BCUT2D eigenvalue weighted by atomic mass is 32.2. The molecule has 8 nitrogen and oxygen atoms in total. The second kappa shape index (κ2) is 6.17. The molecular formula is C16H16N4O4S. The minimum atomic E-state index is -3.50. The van der Waals surface area contributed by atoms with Gasteiger partial charge >= 0.3 is 0 Å². The van der Waals surface area contributed by atoms with Crippen LogP contribution in [-0.2, 0) is 10.0 Å². The number of aromatic nitrogens is 3.